The van der Waals surface area contributed by atoms with Crippen molar-refractivity contribution < 1.29 is 5.11 Å². The first kappa shape index (κ1) is 14.1. The molecule has 0 amide bonds. The van der Waals surface area contributed by atoms with Gasteiger partial charge >= 0.3 is 0 Å². The largest absolute Gasteiger partial charge is 0.391 e. The highest BCUT2D eigenvalue weighted by Crippen LogP contribution is 2.27. The molecule has 0 heterocycles. The average molecular weight is 280 g/mol. The van der Waals surface area contributed by atoms with E-state index in [0.717, 1.165) is 11.3 Å². The summed E-state index contributed by atoms with van der Waals surface area (Å²) in [6.07, 6.45) is -0.476. The Balaban J connectivity index is 2.54. The van der Waals surface area contributed by atoms with Gasteiger partial charge in [0, 0.05) is 27.6 Å². The molecule has 0 radical (unpaired) electrons. The quantitative estimate of drug-likeness (QED) is 0.871. The Labute approximate surface area is 110 Å². The van der Waals surface area contributed by atoms with Crippen molar-refractivity contribution in [1.82, 2.24) is 0 Å². The van der Waals surface area contributed by atoms with Crippen LogP contribution in [0.15, 0.2) is 18.2 Å². The van der Waals surface area contributed by atoms with Crippen molar-refractivity contribution in [3.8, 4) is 0 Å². The Hall–Kier alpha value is 0.0700. The van der Waals surface area contributed by atoms with Crippen LogP contribution >= 0.6 is 35.0 Å². The van der Waals surface area contributed by atoms with Crippen LogP contribution in [0.25, 0.3) is 0 Å². The molecule has 0 aliphatic heterocycles. The summed E-state index contributed by atoms with van der Waals surface area (Å²) in [7, 11) is 0. The highest BCUT2D eigenvalue weighted by Gasteiger charge is 2.13. The summed E-state index contributed by atoms with van der Waals surface area (Å²) >= 11 is 13.5. The highest BCUT2D eigenvalue weighted by molar-refractivity contribution is 7.99. The number of aliphatic hydroxyl groups is 1. The average Bonchev–Trinajstić information content (AvgIpc) is 2.26. The number of hydrogen-bond donors (Lipinski definition) is 2. The van der Waals surface area contributed by atoms with Crippen molar-refractivity contribution in [3.05, 3.63) is 33.8 Å². The summed E-state index contributed by atoms with van der Waals surface area (Å²) in [6.45, 7) is 2.23. The molecule has 0 aromatic heterocycles. The maximum atomic E-state index is 9.52. The number of halogens is 2. The fraction of sp³-hybridized carbons (Fsp3) is 0.455. The zero-order chi connectivity index (χ0) is 12.1. The van der Waals surface area contributed by atoms with Crippen LogP contribution < -0.4 is 5.73 Å². The molecule has 2 atom stereocenters. The molecule has 90 valence electrons. The molecule has 0 fully saturated rings. The van der Waals surface area contributed by atoms with E-state index in [1.165, 1.54) is 0 Å². The molecule has 16 heavy (non-hydrogen) atoms. The molecule has 1 aromatic carbocycles. The molecule has 2 unspecified atom stereocenters. The molecule has 0 bridgehead atoms. The Bertz CT molecular complexity index is 349. The second-order valence-corrected chi connectivity index (χ2v) is 5.76. The van der Waals surface area contributed by atoms with Gasteiger partial charge in [-0.15, -0.1) is 0 Å². The second kappa shape index (κ2) is 6.72. The number of benzene rings is 1. The van der Waals surface area contributed by atoms with E-state index in [1.54, 1.807) is 17.8 Å². The van der Waals surface area contributed by atoms with Gasteiger partial charge in [-0.1, -0.05) is 36.2 Å². The lowest BCUT2D eigenvalue weighted by molar-refractivity contribution is 0.184. The fourth-order valence-electron chi connectivity index (χ4n) is 1.16. The molecule has 0 aliphatic rings. The lowest BCUT2D eigenvalue weighted by Gasteiger charge is -2.16. The number of aliphatic hydroxyl groups excluding tert-OH is 1. The standard InChI is InChI=1S/C11H15Cl2NOS/c1-7(11(15)5-14)16-6-8-2-3-9(12)4-10(8)13/h2-4,7,11,15H,5-6,14H2,1H3. The normalized spacial score (nSPS) is 14.8. The van der Waals surface area contributed by atoms with E-state index in [2.05, 4.69) is 0 Å². The van der Waals surface area contributed by atoms with E-state index in [9.17, 15) is 5.11 Å². The van der Waals surface area contributed by atoms with Gasteiger partial charge in [0.1, 0.15) is 0 Å². The number of thioether (sulfide) groups is 1. The molecular weight excluding hydrogens is 265 g/mol. The van der Waals surface area contributed by atoms with Crippen molar-refractivity contribution in [2.45, 2.75) is 24.0 Å². The van der Waals surface area contributed by atoms with Gasteiger partial charge in [0.15, 0.2) is 0 Å². The zero-order valence-corrected chi connectivity index (χ0v) is 11.3. The first-order valence-electron chi connectivity index (χ1n) is 4.98. The van der Waals surface area contributed by atoms with Crippen molar-refractivity contribution in [2.24, 2.45) is 5.73 Å². The van der Waals surface area contributed by atoms with Gasteiger partial charge in [-0.3, -0.25) is 0 Å². The van der Waals surface area contributed by atoms with Crippen LogP contribution in [0, 0.1) is 0 Å². The van der Waals surface area contributed by atoms with Gasteiger partial charge in [0.2, 0.25) is 0 Å². The van der Waals surface area contributed by atoms with Crippen LogP contribution in [0.1, 0.15) is 12.5 Å². The van der Waals surface area contributed by atoms with E-state index in [0.29, 0.717) is 10.0 Å². The first-order chi connectivity index (χ1) is 7.54. The smallest absolute Gasteiger partial charge is 0.0778 e. The predicted molar refractivity (Wildman–Crippen MR) is 72.3 cm³/mol. The van der Waals surface area contributed by atoms with Crippen molar-refractivity contribution in [2.75, 3.05) is 6.54 Å². The topological polar surface area (TPSA) is 46.2 Å². The van der Waals surface area contributed by atoms with E-state index in [-0.39, 0.29) is 11.8 Å². The van der Waals surface area contributed by atoms with Crippen LogP contribution in [0.3, 0.4) is 0 Å². The first-order valence-corrected chi connectivity index (χ1v) is 6.78. The van der Waals surface area contributed by atoms with E-state index in [1.807, 2.05) is 19.1 Å². The molecule has 1 aromatic rings. The third kappa shape index (κ3) is 4.15. The van der Waals surface area contributed by atoms with E-state index in [4.69, 9.17) is 28.9 Å². The van der Waals surface area contributed by atoms with Gasteiger partial charge in [0.05, 0.1) is 6.10 Å². The number of nitrogens with two attached hydrogens (primary N) is 1. The summed E-state index contributed by atoms with van der Waals surface area (Å²) in [6, 6.07) is 5.44. The lowest BCUT2D eigenvalue weighted by Crippen LogP contribution is -2.28. The van der Waals surface area contributed by atoms with Crippen molar-refractivity contribution >= 4 is 35.0 Å². The molecule has 3 N–H and O–H groups in total. The Kier molecular flexibility index (Phi) is 5.94. The number of hydrogen-bond acceptors (Lipinski definition) is 3. The summed E-state index contributed by atoms with van der Waals surface area (Å²) in [5.41, 5.74) is 6.41. The molecule has 1 rings (SSSR count). The molecular formula is C11H15Cl2NOS. The Morgan fingerprint density at radius 2 is 2.12 bits per heavy atom. The molecule has 2 nitrogen and oxygen atoms in total. The summed E-state index contributed by atoms with van der Waals surface area (Å²) < 4.78 is 0. The minimum Gasteiger partial charge on any atom is -0.391 e. The lowest BCUT2D eigenvalue weighted by atomic mass is 10.2. The minimum absolute atomic E-state index is 0.0942. The number of rotatable bonds is 5. The molecule has 5 heteroatoms. The molecule has 0 saturated heterocycles. The van der Waals surface area contributed by atoms with Crippen LogP contribution in [0.5, 0.6) is 0 Å². The van der Waals surface area contributed by atoms with Gasteiger partial charge in [-0.25, -0.2) is 0 Å². The monoisotopic (exact) mass is 279 g/mol. The van der Waals surface area contributed by atoms with E-state index < -0.39 is 6.10 Å². The SMILES string of the molecule is CC(SCc1ccc(Cl)cc1Cl)C(O)CN. The van der Waals surface area contributed by atoms with Crippen molar-refractivity contribution in [1.29, 1.82) is 0 Å². The molecule has 0 saturated carbocycles. The predicted octanol–water partition coefficient (Wildman–Crippen LogP) is 2.93. The third-order valence-electron chi connectivity index (χ3n) is 2.30. The van der Waals surface area contributed by atoms with Crippen LogP contribution in [-0.2, 0) is 5.75 Å². The maximum Gasteiger partial charge on any atom is 0.0778 e. The van der Waals surface area contributed by atoms with Crippen LogP contribution in [-0.4, -0.2) is 23.0 Å². The molecule has 0 aliphatic carbocycles. The summed E-state index contributed by atoms with van der Waals surface area (Å²) in [5, 5.41) is 10.9. The fourth-order valence-corrected chi connectivity index (χ4v) is 2.74. The van der Waals surface area contributed by atoms with Gasteiger partial charge in [-0.05, 0) is 17.7 Å². The maximum absolute atomic E-state index is 9.52. The zero-order valence-electron chi connectivity index (χ0n) is 8.99. The van der Waals surface area contributed by atoms with Gasteiger partial charge in [-0.2, -0.15) is 11.8 Å². The molecule has 0 spiro atoms. The second-order valence-electron chi connectivity index (χ2n) is 3.55. The summed E-state index contributed by atoms with van der Waals surface area (Å²) in [4.78, 5) is 0. The van der Waals surface area contributed by atoms with Gasteiger partial charge < -0.3 is 10.8 Å². The van der Waals surface area contributed by atoms with Crippen molar-refractivity contribution in [3.63, 3.8) is 0 Å². The minimum atomic E-state index is -0.476. The van der Waals surface area contributed by atoms with Crippen LogP contribution in [0.2, 0.25) is 10.0 Å². The van der Waals surface area contributed by atoms with E-state index >= 15 is 0 Å². The Morgan fingerprint density at radius 1 is 1.44 bits per heavy atom. The summed E-state index contributed by atoms with van der Waals surface area (Å²) in [5.74, 6) is 0.744. The highest BCUT2D eigenvalue weighted by atomic mass is 35.5. The van der Waals surface area contributed by atoms with Gasteiger partial charge in [0.25, 0.3) is 0 Å². The van der Waals surface area contributed by atoms with Crippen LogP contribution in [0.4, 0.5) is 0 Å². The Morgan fingerprint density at radius 3 is 2.69 bits per heavy atom. The third-order valence-corrected chi connectivity index (χ3v) is 4.20.